The average Bonchev–Trinajstić information content (AvgIpc) is 3.32. The van der Waals surface area contributed by atoms with Gasteiger partial charge < -0.3 is 10.2 Å². The van der Waals surface area contributed by atoms with Gasteiger partial charge in [0.25, 0.3) is 0 Å². The van der Waals surface area contributed by atoms with Gasteiger partial charge in [-0.1, -0.05) is 42.5 Å². The van der Waals surface area contributed by atoms with Crippen molar-refractivity contribution in [3.8, 4) is 0 Å². The van der Waals surface area contributed by atoms with Crippen LogP contribution >= 0.6 is 22.9 Å². The monoisotopic (exact) mass is 460 g/mol. The van der Waals surface area contributed by atoms with E-state index >= 15 is 0 Å². The number of thiophene rings is 1. The van der Waals surface area contributed by atoms with Crippen LogP contribution in [0, 0.1) is 11.8 Å². The van der Waals surface area contributed by atoms with Crippen LogP contribution in [-0.4, -0.2) is 33.8 Å². The number of carboxylic acids is 1. The van der Waals surface area contributed by atoms with Crippen LogP contribution in [0.15, 0.2) is 54.6 Å². The number of fused-ring (bicyclic) bond motifs is 1. The number of carboxylic acid groups (broad SMARTS) is 1. The fourth-order valence-corrected chi connectivity index (χ4v) is 6.23. The van der Waals surface area contributed by atoms with E-state index in [4.69, 9.17) is 16.7 Å². The smallest absolute Gasteiger partial charge is 0.345 e. The highest BCUT2D eigenvalue weighted by molar-refractivity contribution is 7.13. The first-order chi connectivity index (χ1) is 15.0. The molecule has 1 aromatic heterocycles. The fraction of sp³-hybridized carbons (Fsp3) is 0.400. The molecule has 4 rings (SSSR count). The second-order valence-corrected chi connectivity index (χ2v) is 10.0. The minimum Gasteiger partial charge on any atom is -0.477 e. The summed E-state index contributed by atoms with van der Waals surface area (Å²) in [5, 5.41) is 21.3. The Morgan fingerprint density at radius 1 is 1.00 bits per heavy atom. The van der Waals surface area contributed by atoms with Crippen LogP contribution in [0.1, 0.15) is 39.4 Å². The molecular weight excluding hydrogens is 435 g/mol. The number of alkyl halides is 2. The summed E-state index contributed by atoms with van der Waals surface area (Å²) in [6.07, 6.45) is 1.22. The third-order valence-corrected chi connectivity index (χ3v) is 8.19. The van der Waals surface area contributed by atoms with Gasteiger partial charge in [-0.25, -0.2) is 9.18 Å². The first-order valence-corrected chi connectivity index (χ1v) is 12.0. The van der Waals surface area contributed by atoms with Crippen molar-refractivity contribution in [1.82, 2.24) is 0 Å². The van der Waals surface area contributed by atoms with Gasteiger partial charge in [0.2, 0.25) is 0 Å². The fourth-order valence-electron chi connectivity index (χ4n) is 4.88. The topological polar surface area (TPSA) is 57.5 Å². The molecule has 1 heterocycles. The van der Waals surface area contributed by atoms with E-state index in [-0.39, 0.29) is 11.8 Å². The molecule has 1 saturated carbocycles. The van der Waals surface area contributed by atoms with E-state index in [9.17, 15) is 14.3 Å². The SMILES string of the molecule is O=C(O)c1ccc(CCC[C@H]2C(O)C(F)C(Cl)[C@@H]2CCc2cccc3ccccc23)s1. The van der Waals surface area contributed by atoms with Gasteiger partial charge in [0, 0.05) is 4.88 Å². The van der Waals surface area contributed by atoms with Crippen molar-refractivity contribution in [2.75, 3.05) is 0 Å². The largest absolute Gasteiger partial charge is 0.477 e. The Hall–Kier alpha value is -1.95. The second kappa shape index (κ2) is 9.68. The lowest BCUT2D eigenvalue weighted by Crippen LogP contribution is -2.24. The van der Waals surface area contributed by atoms with Gasteiger partial charge in [-0.3, -0.25) is 0 Å². The lowest BCUT2D eigenvalue weighted by Gasteiger charge is -2.23. The van der Waals surface area contributed by atoms with Crippen molar-refractivity contribution in [2.45, 2.75) is 49.8 Å². The van der Waals surface area contributed by atoms with Crippen LogP contribution in [0.25, 0.3) is 10.8 Å². The number of aryl methyl sites for hydroxylation is 2. The van der Waals surface area contributed by atoms with Gasteiger partial charge in [0.05, 0.1) is 11.5 Å². The summed E-state index contributed by atoms with van der Waals surface area (Å²) < 4.78 is 14.6. The molecule has 164 valence electrons. The number of aromatic carboxylic acids is 1. The molecule has 0 aliphatic heterocycles. The Bertz CT molecular complexity index is 1050. The number of halogens is 2. The van der Waals surface area contributed by atoms with E-state index in [1.54, 1.807) is 6.07 Å². The van der Waals surface area contributed by atoms with E-state index in [1.165, 1.54) is 27.7 Å². The molecule has 0 bridgehead atoms. The van der Waals surface area contributed by atoms with Crippen LogP contribution in [-0.2, 0) is 12.8 Å². The molecule has 31 heavy (non-hydrogen) atoms. The van der Waals surface area contributed by atoms with Gasteiger partial charge in [0.1, 0.15) is 11.0 Å². The van der Waals surface area contributed by atoms with Crippen molar-refractivity contribution in [3.05, 3.63) is 69.9 Å². The Morgan fingerprint density at radius 2 is 1.77 bits per heavy atom. The van der Waals surface area contributed by atoms with Gasteiger partial charge in [-0.2, -0.15) is 0 Å². The molecule has 1 aliphatic rings. The maximum Gasteiger partial charge on any atom is 0.345 e. The molecule has 3 nitrogen and oxygen atoms in total. The summed E-state index contributed by atoms with van der Waals surface area (Å²) in [6.45, 7) is 0. The number of hydrogen-bond acceptors (Lipinski definition) is 3. The summed E-state index contributed by atoms with van der Waals surface area (Å²) in [6, 6.07) is 17.9. The maximum absolute atomic E-state index is 14.6. The molecule has 0 radical (unpaired) electrons. The van der Waals surface area contributed by atoms with Crippen LogP contribution in [0.2, 0.25) is 0 Å². The third kappa shape index (κ3) is 4.79. The van der Waals surface area contributed by atoms with Crippen molar-refractivity contribution in [3.63, 3.8) is 0 Å². The quantitative estimate of drug-likeness (QED) is 0.399. The zero-order chi connectivity index (χ0) is 22.0. The summed E-state index contributed by atoms with van der Waals surface area (Å²) in [4.78, 5) is 12.4. The van der Waals surface area contributed by atoms with Gasteiger partial charge >= 0.3 is 5.97 Å². The van der Waals surface area contributed by atoms with Crippen molar-refractivity contribution in [2.24, 2.45) is 11.8 Å². The molecule has 5 atom stereocenters. The number of carbonyl (C=O) groups is 1. The summed E-state index contributed by atoms with van der Waals surface area (Å²) in [5.41, 5.74) is 1.22. The number of aliphatic hydroxyl groups excluding tert-OH is 1. The summed E-state index contributed by atoms with van der Waals surface area (Å²) >= 11 is 7.71. The first-order valence-electron chi connectivity index (χ1n) is 10.7. The predicted octanol–water partition coefficient (Wildman–Crippen LogP) is 6.11. The van der Waals surface area contributed by atoms with Crippen molar-refractivity contribution < 1.29 is 19.4 Å². The van der Waals surface area contributed by atoms with Crippen LogP contribution < -0.4 is 0 Å². The van der Waals surface area contributed by atoms with Crippen LogP contribution in [0.3, 0.4) is 0 Å². The zero-order valence-electron chi connectivity index (χ0n) is 17.1. The van der Waals surface area contributed by atoms with Crippen molar-refractivity contribution >= 4 is 39.7 Å². The molecule has 1 fully saturated rings. The third-order valence-electron chi connectivity index (χ3n) is 6.49. The summed E-state index contributed by atoms with van der Waals surface area (Å²) in [7, 11) is 0. The van der Waals surface area contributed by atoms with Crippen LogP contribution in [0.4, 0.5) is 4.39 Å². The molecular formula is C25H26ClFO3S. The number of rotatable bonds is 8. The molecule has 0 saturated heterocycles. The van der Waals surface area contributed by atoms with E-state index in [1.807, 2.05) is 24.3 Å². The normalized spacial score (nSPS) is 25.8. The van der Waals surface area contributed by atoms with Crippen molar-refractivity contribution in [1.29, 1.82) is 0 Å². The summed E-state index contributed by atoms with van der Waals surface area (Å²) in [5.74, 6) is -1.20. The molecule has 2 N–H and O–H groups in total. The molecule has 0 amide bonds. The molecule has 0 spiro atoms. The van der Waals surface area contributed by atoms with E-state index in [0.717, 1.165) is 30.6 Å². The van der Waals surface area contributed by atoms with Gasteiger partial charge in [-0.15, -0.1) is 22.9 Å². The Balaban J connectivity index is 1.41. The Morgan fingerprint density at radius 3 is 2.55 bits per heavy atom. The molecule has 2 aromatic carbocycles. The van der Waals surface area contributed by atoms with Crippen LogP contribution in [0.5, 0.6) is 0 Å². The van der Waals surface area contributed by atoms with E-state index in [2.05, 4.69) is 24.3 Å². The molecule has 3 aromatic rings. The minimum atomic E-state index is -1.41. The average molecular weight is 461 g/mol. The standard InChI is InChI=1S/C25H26ClFO3S/c26-22-19(13-11-16-7-3-6-15-5-1-2-9-18(15)16)20(24(28)23(22)27)10-4-8-17-12-14-21(31-17)25(29)30/h1-3,5-7,9,12,14,19-20,22-24,28H,4,8,10-11,13H2,(H,29,30)/t19-,20-,22?,23?,24?/m1/s1. The van der Waals surface area contributed by atoms with E-state index in [0.29, 0.717) is 11.3 Å². The molecule has 6 heteroatoms. The van der Waals surface area contributed by atoms with E-state index < -0.39 is 23.6 Å². The number of hydrogen-bond donors (Lipinski definition) is 2. The lowest BCUT2D eigenvalue weighted by atomic mass is 9.85. The van der Waals surface area contributed by atoms with Gasteiger partial charge in [-0.05, 0) is 72.4 Å². The number of aliphatic hydroxyl groups is 1. The molecule has 1 aliphatic carbocycles. The number of benzene rings is 2. The second-order valence-electron chi connectivity index (χ2n) is 8.35. The first kappa shape index (κ1) is 22.3. The highest BCUT2D eigenvalue weighted by Crippen LogP contribution is 2.43. The molecule has 3 unspecified atom stereocenters. The minimum absolute atomic E-state index is 0.0939. The highest BCUT2D eigenvalue weighted by atomic mass is 35.5. The lowest BCUT2D eigenvalue weighted by molar-refractivity contribution is 0.0596. The predicted molar refractivity (Wildman–Crippen MR) is 124 cm³/mol. The highest BCUT2D eigenvalue weighted by Gasteiger charge is 2.48. The Kier molecular flexibility index (Phi) is 6.95. The maximum atomic E-state index is 14.6. The zero-order valence-corrected chi connectivity index (χ0v) is 18.7. The Labute approximate surface area is 190 Å². The van der Waals surface area contributed by atoms with Gasteiger partial charge in [0.15, 0.2) is 0 Å².